The molecule has 1 saturated heterocycles. The van der Waals surface area contributed by atoms with E-state index in [4.69, 9.17) is 5.73 Å². The minimum absolute atomic E-state index is 0.0878. The van der Waals surface area contributed by atoms with Gasteiger partial charge < -0.3 is 10.6 Å². The molecule has 1 fully saturated rings. The van der Waals surface area contributed by atoms with Gasteiger partial charge in [-0.1, -0.05) is 18.2 Å². The van der Waals surface area contributed by atoms with Crippen molar-refractivity contribution >= 4 is 11.7 Å². The second-order valence-corrected chi connectivity index (χ2v) is 6.17. The number of aromatic nitrogens is 1. The molecular weight excluding hydrogens is 338 g/mol. The van der Waals surface area contributed by atoms with Crippen molar-refractivity contribution in [1.29, 1.82) is 0 Å². The number of carbonyl (C=O) groups excluding carboxylic acids is 1. The lowest BCUT2D eigenvalue weighted by Crippen LogP contribution is -2.64. The Morgan fingerprint density at radius 1 is 1.24 bits per heavy atom. The summed E-state index contributed by atoms with van der Waals surface area (Å²) >= 11 is 0. The number of amides is 1. The quantitative estimate of drug-likeness (QED) is 0.860. The summed E-state index contributed by atoms with van der Waals surface area (Å²) in [6, 6.07) is 7.84. The number of benzene rings is 1. The molecule has 0 spiro atoms. The van der Waals surface area contributed by atoms with E-state index in [9.17, 15) is 22.4 Å². The fourth-order valence-corrected chi connectivity index (χ4v) is 2.98. The molecule has 0 saturated carbocycles. The molecule has 0 bridgehead atoms. The van der Waals surface area contributed by atoms with Gasteiger partial charge in [0.2, 0.25) is 5.91 Å². The Bertz CT molecular complexity index is 800. The second kappa shape index (κ2) is 6.02. The topological polar surface area (TPSA) is 59.2 Å². The zero-order valence-corrected chi connectivity index (χ0v) is 13.1. The van der Waals surface area contributed by atoms with Crippen molar-refractivity contribution in [2.75, 3.05) is 18.0 Å². The van der Waals surface area contributed by atoms with Crippen LogP contribution < -0.4 is 10.6 Å². The van der Waals surface area contributed by atoms with E-state index in [0.29, 0.717) is 5.56 Å². The van der Waals surface area contributed by atoms with Crippen LogP contribution in [0, 0.1) is 11.2 Å². The monoisotopic (exact) mass is 353 g/mol. The summed E-state index contributed by atoms with van der Waals surface area (Å²) in [4.78, 5) is 17.3. The van der Waals surface area contributed by atoms with Crippen molar-refractivity contribution < 1.29 is 22.4 Å². The Hall–Kier alpha value is -2.64. The predicted octanol–water partition coefficient (Wildman–Crippen LogP) is 2.77. The Morgan fingerprint density at radius 2 is 1.92 bits per heavy atom. The lowest BCUT2D eigenvalue weighted by atomic mass is 9.74. The van der Waals surface area contributed by atoms with Crippen LogP contribution in [-0.4, -0.2) is 24.0 Å². The Kier molecular flexibility index (Phi) is 4.14. The summed E-state index contributed by atoms with van der Waals surface area (Å²) in [6.07, 6.45) is -3.32. The molecule has 132 valence electrons. The molecule has 1 amide bonds. The van der Waals surface area contributed by atoms with Gasteiger partial charge in [-0.25, -0.2) is 9.37 Å². The Morgan fingerprint density at radius 3 is 2.52 bits per heavy atom. The number of carbonyl (C=O) groups is 1. The van der Waals surface area contributed by atoms with Gasteiger partial charge in [-0.15, -0.1) is 0 Å². The van der Waals surface area contributed by atoms with Crippen LogP contribution >= 0.6 is 0 Å². The number of alkyl halides is 3. The smallest absolute Gasteiger partial charge is 0.369 e. The van der Waals surface area contributed by atoms with Crippen LogP contribution in [0.15, 0.2) is 42.6 Å². The van der Waals surface area contributed by atoms with Gasteiger partial charge in [-0.3, -0.25) is 4.79 Å². The van der Waals surface area contributed by atoms with Crippen LogP contribution in [0.3, 0.4) is 0 Å². The first-order valence-corrected chi connectivity index (χ1v) is 7.53. The van der Waals surface area contributed by atoms with E-state index in [-0.39, 0.29) is 25.3 Å². The van der Waals surface area contributed by atoms with E-state index in [2.05, 4.69) is 4.98 Å². The summed E-state index contributed by atoms with van der Waals surface area (Å²) < 4.78 is 52.3. The van der Waals surface area contributed by atoms with Crippen LogP contribution in [0.1, 0.15) is 11.1 Å². The van der Waals surface area contributed by atoms with Crippen LogP contribution in [0.2, 0.25) is 0 Å². The number of nitrogens with two attached hydrogens (primary N) is 1. The molecule has 0 radical (unpaired) electrons. The first-order chi connectivity index (χ1) is 11.7. The van der Waals surface area contributed by atoms with E-state index in [1.807, 2.05) is 0 Å². The summed E-state index contributed by atoms with van der Waals surface area (Å²) in [5.74, 6) is -0.946. The minimum Gasteiger partial charge on any atom is -0.369 e. The maximum absolute atomic E-state index is 13.8. The van der Waals surface area contributed by atoms with Crippen molar-refractivity contribution in [2.24, 2.45) is 11.1 Å². The average molecular weight is 353 g/mol. The Balaban J connectivity index is 1.80. The Labute approximate surface area is 141 Å². The number of halogens is 4. The summed E-state index contributed by atoms with van der Waals surface area (Å²) in [5, 5.41) is 0. The van der Waals surface area contributed by atoms with Gasteiger partial charge in [-0.2, -0.15) is 13.2 Å². The van der Waals surface area contributed by atoms with Crippen molar-refractivity contribution in [3.63, 3.8) is 0 Å². The third kappa shape index (κ3) is 3.29. The van der Waals surface area contributed by atoms with E-state index in [0.717, 1.165) is 18.3 Å². The molecule has 25 heavy (non-hydrogen) atoms. The maximum Gasteiger partial charge on any atom is 0.416 e. The van der Waals surface area contributed by atoms with Gasteiger partial charge in [0.1, 0.15) is 11.6 Å². The number of nitrogens with zero attached hydrogens (tertiary/aromatic N) is 2. The number of rotatable bonds is 4. The molecular formula is C17H15F4N3O. The molecule has 3 rings (SSSR count). The van der Waals surface area contributed by atoms with E-state index in [1.165, 1.54) is 17.0 Å². The van der Waals surface area contributed by atoms with Gasteiger partial charge in [0.25, 0.3) is 0 Å². The van der Waals surface area contributed by atoms with Crippen LogP contribution in [0.25, 0.3) is 0 Å². The van der Waals surface area contributed by atoms with E-state index >= 15 is 0 Å². The van der Waals surface area contributed by atoms with E-state index < -0.39 is 28.9 Å². The largest absolute Gasteiger partial charge is 0.416 e. The van der Waals surface area contributed by atoms with Gasteiger partial charge >= 0.3 is 6.18 Å². The molecule has 2 aromatic rings. The normalized spacial score (nSPS) is 16.4. The number of anilines is 1. The first kappa shape index (κ1) is 17.2. The van der Waals surface area contributed by atoms with Crippen molar-refractivity contribution in [1.82, 2.24) is 4.98 Å². The molecule has 1 aliphatic rings. The summed E-state index contributed by atoms with van der Waals surface area (Å²) in [7, 11) is 0. The van der Waals surface area contributed by atoms with Crippen LogP contribution in [0.4, 0.5) is 23.4 Å². The number of pyridine rings is 1. The molecule has 0 atom stereocenters. The fourth-order valence-electron chi connectivity index (χ4n) is 2.98. The van der Waals surface area contributed by atoms with E-state index in [1.54, 1.807) is 12.1 Å². The highest BCUT2D eigenvalue weighted by molar-refractivity contribution is 5.85. The molecule has 2 N–H and O–H groups in total. The van der Waals surface area contributed by atoms with Crippen LogP contribution in [-0.2, 0) is 17.4 Å². The highest BCUT2D eigenvalue weighted by Gasteiger charge is 2.49. The maximum atomic E-state index is 13.8. The molecule has 0 aliphatic carbocycles. The van der Waals surface area contributed by atoms with Crippen molar-refractivity contribution in [3.8, 4) is 0 Å². The molecule has 4 nitrogen and oxygen atoms in total. The van der Waals surface area contributed by atoms with Crippen molar-refractivity contribution in [3.05, 3.63) is 59.5 Å². The average Bonchev–Trinajstić information content (AvgIpc) is 2.51. The highest BCUT2D eigenvalue weighted by atomic mass is 19.4. The number of hydrogen-bond acceptors (Lipinski definition) is 3. The summed E-state index contributed by atoms with van der Waals surface area (Å²) in [5.41, 5.74) is 3.98. The molecule has 0 unspecified atom stereocenters. The van der Waals surface area contributed by atoms with Gasteiger partial charge in [0.05, 0.1) is 11.0 Å². The number of primary amides is 1. The summed E-state index contributed by atoms with van der Waals surface area (Å²) in [6.45, 7) is 0.177. The zero-order valence-electron chi connectivity index (χ0n) is 13.1. The fraction of sp³-hybridized carbons (Fsp3) is 0.294. The second-order valence-electron chi connectivity index (χ2n) is 6.17. The third-order valence-corrected chi connectivity index (χ3v) is 4.39. The van der Waals surface area contributed by atoms with Crippen LogP contribution in [0.5, 0.6) is 0 Å². The molecule has 8 heteroatoms. The lowest BCUT2D eigenvalue weighted by Gasteiger charge is -2.49. The van der Waals surface area contributed by atoms with Gasteiger partial charge in [-0.05, 0) is 30.2 Å². The SMILES string of the molecule is NC(=O)C1(Cc2ccccc2F)CN(c2cc(C(F)(F)F)ccn2)C1. The third-order valence-electron chi connectivity index (χ3n) is 4.39. The molecule has 2 heterocycles. The lowest BCUT2D eigenvalue weighted by molar-refractivity contribution is -0.137. The van der Waals surface area contributed by atoms with Crippen molar-refractivity contribution in [2.45, 2.75) is 12.6 Å². The first-order valence-electron chi connectivity index (χ1n) is 7.53. The molecule has 1 aromatic heterocycles. The highest BCUT2D eigenvalue weighted by Crippen LogP contribution is 2.38. The minimum atomic E-state index is -4.48. The number of hydrogen-bond donors (Lipinski definition) is 1. The molecule has 1 aromatic carbocycles. The predicted molar refractivity (Wildman–Crippen MR) is 83.2 cm³/mol. The molecule has 1 aliphatic heterocycles. The van der Waals surface area contributed by atoms with Gasteiger partial charge in [0, 0.05) is 19.3 Å². The standard InChI is InChI=1S/C17H15F4N3O/c18-13-4-2-1-3-11(13)8-16(15(22)25)9-24(10-16)14-7-12(5-6-23-14)17(19,20)21/h1-7H,8-10H2,(H2,22,25). The van der Waals surface area contributed by atoms with Gasteiger partial charge in [0.15, 0.2) is 0 Å². The zero-order chi connectivity index (χ0) is 18.2.